The molecule has 0 amide bonds. The van der Waals surface area contributed by atoms with E-state index in [-0.39, 0.29) is 16.6 Å². The fraction of sp³-hybridized carbons (Fsp3) is 0.500. The zero-order valence-corrected chi connectivity index (χ0v) is 12.7. The van der Waals surface area contributed by atoms with Crippen LogP contribution in [0.4, 0.5) is 4.39 Å². The van der Waals surface area contributed by atoms with Crippen LogP contribution in [0.3, 0.4) is 0 Å². The molecule has 0 aromatic carbocycles. The van der Waals surface area contributed by atoms with Crippen LogP contribution in [0.1, 0.15) is 44.5 Å². The number of aromatic nitrogens is 1. The average molecular weight is 284 g/mol. The van der Waals surface area contributed by atoms with Gasteiger partial charge in [0.2, 0.25) is 0 Å². The smallest absolute Gasteiger partial charge is 0.144 e. The van der Waals surface area contributed by atoms with Gasteiger partial charge in [0.05, 0.1) is 11.7 Å². The summed E-state index contributed by atoms with van der Waals surface area (Å²) >= 11 is -1.23. The number of hydrogen-bond acceptors (Lipinski definition) is 3. The van der Waals surface area contributed by atoms with E-state index in [2.05, 4.69) is 16.3 Å². The lowest BCUT2D eigenvalue weighted by Crippen LogP contribution is -2.41. The molecule has 0 aliphatic rings. The average Bonchev–Trinajstić information content (AvgIpc) is 2.31. The molecule has 0 bridgehead atoms. The summed E-state index contributed by atoms with van der Waals surface area (Å²) in [5.41, 5.74) is 1.04. The van der Waals surface area contributed by atoms with Gasteiger partial charge < -0.3 is 4.55 Å². The van der Waals surface area contributed by atoms with Gasteiger partial charge in [-0.3, -0.25) is 4.98 Å². The largest absolute Gasteiger partial charge is 0.598 e. The van der Waals surface area contributed by atoms with Gasteiger partial charge in [-0.15, -0.1) is 11.3 Å². The summed E-state index contributed by atoms with van der Waals surface area (Å²) in [6.07, 6.45) is 3.89. The van der Waals surface area contributed by atoms with Crippen molar-refractivity contribution in [3.8, 4) is 0 Å². The summed E-state index contributed by atoms with van der Waals surface area (Å²) in [6, 6.07) is 1.18. The van der Waals surface area contributed by atoms with Crippen LogP contribution in [-0.4, -0.2) is 14.3 Å². The molecule has 0 saturated carbocycles. The molecule has 0 radical (unpaired) electrons. The second-order valence-electron chi connectivity index (χ2n) is 5.41. The summed E-state index contributed by atoms with van der Waals surface area (Å²) in [6.45, 7) is 10.9. The standard InChI is InChI=1S/C14H21FN2OS/c1-6-7-13(17-19(18)14(3,4)5)11-8-12(15)10(2)16-9-11/h6,8-9,13,17H,1,7H2,2-5H3/t13-,19?/m0/s1. The van der Waals surface area contributed by atoms with Gasteiger partial charge in [0.25, 0.3) is 0 Å². The molecule has 1 heterocycles. The third kappa shape index (κ3) is 4.60. The van der Waals surface area contributed by atoms with Crippen LogP contribution in [0.15, 0.2) is 24.9 Å². The van der Waals surface area contributed by atoms with Gasteiger partial charge in [-0.25, -0.2) is 4.39 Å². The molecule has 106 valence electrons. The Balaban J connectivity index is 2.93. The van der Waals surface area contributed by atoms with Crippen LogP contribution in [-0.2, 0) is 11.4 Å². The Morgan fingerprint density at radius 1 is 1.58 bits per heavy atom. The molecule has 2 atom stereocenters. The van der Waals surface area contributed by atoms with E-state index in [0.29, 0.717) is 17.7 Å². The summed E-state index contributed by atoms with van der Waals surface area (Å²) in [4.78, 5) is 4.00. The van der Waals surface area contributed by atoms with Gasteiger partial charge >= 0.3 is 0 Å². The van der Waals surface area contributed by atoms with E-state index in [9.17, 15) is 8.94 Å². The highest BCUT2D eigenvalue weighted by Gasteiger charge is 2.29. The maximum absolute atomic E-state index is 13.6. The lowest BCUT2D eigenvalue weighted by molar-refractivity contribution is 0.521. The quantitative estimate of drug-likeness (QED) is 0.667. The van der Waals surface area contributed by atoms with E-state index in [1.165, 1.54) is 6.07 Å². The van der Waals surface area contributed by atoms with Gasteiger partial charge in [-0.05, 0) is 45.7 Å². The summed E-state index contributed by atoms with van der Waals surface area (Å²) in [7, 11) is 0. The Labute approximate surface area is 117 Å². The molecular weight excluding hydrogens is 263 g/mol. The number of halogens is 1. The minimum Gasteiger partial charge on any atom is -0.598 e. The highest BCUT2D eigenvalue weighted by atomic mass is 32.2. The Kier molecular flexibility index (Phi) is 5.52. The number of hydrogen-bond donors (Lipinski definition) is 1. The monoisotopic (exact) mass is 284 g/mol. The lowest BCUT2D eigenvalue weighted by Gasteiger charge is -2.27. The zero-order valence-electron chi connectivity index (χ0n) is 11.9. The van der Waals surface area contributed by atoms with Gasteiger partial charge in [0.1, 0.15) is 10.6 Å². The molecule has 1 unspecified atom stereocenters. The molecule has 0 spiro atoms. The molecule has 1 rings (SSSR count). The number of aryl methyl sites for hydroxylation is 1. The predicted molar refractivity (Wildman–Crippen MR) is 77.5 cm³/mol. The van der Waals surface area contributed by atoms with Gasteiger partial charge in [0, 0.05) is 17.6 Å². The van der Waals surface area contributed by atoms with Crippen LogP contribution < -0.4 is 4.72 Å². The first-order valence-corrected chi connectivity index (χ1v) is 7.31. The van der Waals surface area contributed by atoms with Crippen molar-refractivity contribution >= 4 is 11.4 Å². The molecule has 1 aromatic rings. The van der Waals surface area contributed by atoms with E-state index in [0.717, 1.165) is 0 Å². The topological polar surface area (TPSA) is 48.0 Å². The zero-order chi connectivity index (χ0) is 14.6. The number of pyridine rings is 1. The van der Waals surface area contributed by atoms with Gasteiger partial charge in [-0.1, -0.05) is 6.08 Å². The van der Waals surface area contributed by atoms with E-state index < -0.39 is 11.4 Å². The van der Waals surface area contributed by atoms with E-state index >= 15 is 0 Å². The Hall–Kier alpha value is -0.910. The molecule has 1 aromatic heterocycles. The number of nitrogens with one attached hydrogen (secondary N) is 1. The Bertz CT molecular complexity index is 446. The van der Waals surface area contributed by atoms with Crippen LogP contribution in [0.5, 0.6) is 0 Å². The fourth-order valence-electron chi connectivity index (χ4n) is 1.44. The normalized spacial score (nSPS) is 15.1. The minimum absolute atomic E-state index is 0.250. The maximum atomic E-state index is 13.6. The first-order chi connectivity index (χ1) is 8.75. The van der Waals surface area contributed by atoms with Crippen molar-refractivity contribution in [3.63, 3.8) is 0 Å². The van der Waals surface area contributed by atoms with Crippen molar-refractivity contribution in [2.24, 2.45) is 0 Å². The molecule has 0 aliphatic carbocycles. The van der Waals surface area contributed by atoms with Crippen molar-refractivity contribution in [1.82, 2.24) is 9.71 Å². The van der Waals surface area contributed by atoms with E-state index in [4.69, 9.17) is 0 Å². The van der Waals surface area contributed by atoms with E-state index in [1.807, 2.05) is 20.8 Å². The Morgan fingerprint density at radius 3 is 2.68 bits per heavy atom. The Morgan fingerprint density at radius 2 is 2.21 bits per heavy atom. The van der Waals surface area contributed by atoms with Crippen molar-refractivity contribution in [3.05, 3.63) is 42.0 Å². The molecule has 0 fully saturated rings. The minimum atomic E-state index is -1.23. The van der Waals surface area contributed by atoms with Crippen molar-refractivity contribution in [2.45, 2.75) is 44.9 Å². The fourth-order valence-corrected chi connectivity index (χ4v) is 2.28. The third-order valence-corrected chi connectivity index (χ3v) is 4.27. The maximum Gasteiger partial charge on any atom is 0.144 e. The predicted octanol–water partition coefficient (Wildman–Crippen LogP) is 3.20. The van der Waals surface area contributed by atoms with Gasteiger partial charge in [0.15, 0.2) is 0 Å². The van der Waals surface area contributed by atoms with Crippen LogP contribution in [0.25, 0.3) is 0 Å². The van der Waals surface area contributed by atoms with Gasteiger partial charge in [-0.2, -0.15) is 0 Å². The first kappa shape index (κ1) is 16.1. The highest BCUT2D eigenvalue weighted by molar-refractivity contribution is 7.90. The summed E-state index contributed by atoms with van der Waals surface area (Å²) < 4.78 is 28.3. The molecule has 3 nitrogen and oxygen atoms in total. The first-order valence-electron chi connectivity index (χ1n) is 6.16. The number of nitrogens with zero attached hydrogens (tertiary/aromatic N) is 1. The SMILES string of the molecule is C=CC[C@H](N[S+]([O-])C(C)(C)C)c1cnc(C)c(F)c1. The third-order valence-electron chi connectivity index (χ3n) is 2.66. The molecular formula is C14H21FN2OS. The molecule has 1 N–H and O–H groups in total. The second kappa shape index (κ2) is 6.50. The van der Waals surface area contributed by atoms with Crippen LogP contribution >= 0.6 is 0 Å². The number of rotatable bonds is 5. The molecule has 0 aliphatic heterocycles. The van der Waals surface area contributed by atoms with Crippen molar-refractivity contribution in [2.75, 3.05) is 0 Å². The van der Waals surface area contributed by atoms with Crippen LogP contribution in [0.2, 0.25) is 0 Å². The lowest BCUT2D eigenvalue weighted by atomic mass is 10.1. The molecule has 19 heavy (non-hydrogen) atoms. The molecule has 0 saturated heterocycles. The van der Waals surface area contributed by atoms with Crippen molar-refractivity contribution < 1.29 is 8.94 Å². The van der Waals surface area contributed by atoms with Crippen molar-refractivity contribution in [1.29, 1.82) is 0 Å². The second-order valence-corrected chi connectivity index (χ2v) is 7.41. The highest BCUT2D eigenvalue weighted by Crippen LogP contribution is 2.23. The molecule has 5 heteroatoms. The summed E-state index contributed by atoms with van der Waals surface area (Å²) in [5, 5.41) is 0. The van der Waals surface area contributed by atoms with Crippen LogP contribution in [0, 0.1) is 12.7 Å². The summed E-state index contributed by atoms with van der Waals surface area (Å²) in [5.74, 6) is -0.352. The van der Waals surface area contributed by atoms with E-state index in [1.54, 1.807) is 19.2 Å².